The molecule has 3 aliphatic heterocycles. The van der Waals surface area contributed by atoms with E-state index in [2.05, 4.69) is 6.92 Å². The summed E-state index contributed by atoms with van der Waals surface area (Å²) in [6.45, 7) is 0.309. The summed E-state index contributed by atoms with van der Waals surface area (Å²) in [5.41, 5.74) is 0. The average Bonchev–Trinajstić information content (AvgIpc) is 3.12. The molecule has 296 valence electrons. The Bertz CT molecular complexity index is 882. The van der Waals surface area contributed by atoms with Crippen molar-refractivity contribution in [2.24, 2.45) is 0 Å². The monoisotopic (exact) mass is 728 g/mol. The lowest BCUT2D eigenvalue weighted by molar-refractivity contribution is -0.379. The zero-order chi connectivity index (χ0) is 36.6. The standard InChI is InChI=1S/C34H64O16/c1-2-3-4-5-6-7-8-9-10-11-12-13-14-15-16-45-32-28(43)25(40)30(21(18-36)47-32)50-34-29(44)26(41)31(22(19-37)48-34)49-33-27(42)24(39)23(38)20(17-35)46-33/h20-44H,2-19H2,1H3/t20-,21-,22-,23-,24+,25-,26-,27-,28-,29-,30-,31-,32-,33+,34+/m1/s1. The maximum absolute atomic E-state index is 10.9. The van der Waals surface area contributed by atoms with E-state index in [-0.39, 0.29) is 6.61 Å². The van der Waals surface area contributed by atoms with E-state index in [1.807, 2.05) is 0 Å². The molecule has 16 heteroatoms. The molecule has 0 aromatic heterocycles. The first-order chi connectivity index (χ1) is 24.1. The number of unbranched alkanes of at least 4 members (excludes halogenated alkanes) is 13. The van der Waals surface area contributed by atoms with Crippen LogP contribution < -0.4 is 0 Å². The van der Waals surface area contributed by atoms with Gasteiger partial charge in [0.05, 0.1) is 19.8 Å². The number of aliphatic hydroxyl groups is 10. The van der Waals surface area contributed by atoms with Gasteiger partial charge >= 0.3 is 0 Å². The van der Waals surface area contributed by atoms with Crippen LogP contribution in [0.25, 0.3) is 0 Å². The third kappa shape index (κ3) is 12.5. The van der Waals surface area contributed by atoms with Gasteiger partial charge in [-0.15, -0.1) is 0 Å². The SMILES string of the molecule is CCCCCCCCCCCCCCCCO[C@@H]1O[C@H](CO)[C@@H](O[C@@H]2O[C@H](CO)[C@@H](O[C@@H]3O[C@H](CO)[C@@H](O)[C@H](O)[C@H]3O)[C@H](O)[C@H]2O)[C@H](O)[C@H]1O. The van der Waals surface area contributed by atoms with Crippen LogP contribution in [-0.4, -0.2) is 170 Å². The Kier molecular flexibility index (Phi) is 20.3. The summed E-state index contributed by atoms with van der Waals surface area (Å²) >= 11 is 0. The van der Waals surface area contributed by atoms with E-state index in [0.717, 1.165) is 25.7 Å². The van der Waals surface area contributed by atoms with Crippen molar-refractivity contribution in [3.63, 3.8) is 0 Å². The number of rotatable bonds is 23. The van der Waals surface area contributed by atoms with Crippen molar-refractivity contribution < 1.29 is 79.5 Å². The van der Waals surface area contributed by atoms with E-state index in [9.17, 15) is 51.1 Å². The highest BCUT2D eigenvalue weighted by Gasteiger charge is 2.53. The molecule has 0 aliphatic carbocycles. The van der Waals surface area contributed by atoms with Crippen molar-refractivity contribution in [3.05, 3.63) is 0 Å². The quantitative estimate of drug-likeness (QED) is 0.0562. The molecule has 0 aromatic rings. The van der Waals surface area contributed by atoms with Crippen molar-refractivity contribution >= 4 is 0 Å². The molecular formula is C34H64O16. The van der Waals surface area contributed by atoms with E-state index in [1.165, 1.54) is 64.2 Å². The highest BCUT2D eigenvalue weighted by atomic mass is 16.8. The Balaban J connectivity index is 1.40. The van der Waals surface area contributed by atoms with Crippen LogP contribution >= 0.6 is 0 Å². The zero-order valence-electron chi connectivity index (χ0n) is 29.3. The molecule has 3 saturated heterocycles. The molecular weight excluding hydrogens is 664 g/mol. The lowest BCUT2D eigenvalue weighted by atomic mass is 9.96. The van der Waals surface area contributed by atoms with Gasteiger partial charge in [0.15, 0.2) is 18.9 Å². The van der Waals surface area contributed by atoms with Crippen molar-refractivity contribution in [3.8, 4) is 0 Å². The van der Waals surface area contributed by atoms with Gasteiger partial charge < -0.3 is 79.5 Å². The summed E-state index contributed by atoms with van der Waals surface area (Å²) in [7, 11) is 0. The van der Waals surface area contributed by atoms with Crippen LogP contribution in [0.3, 0.4) is 0 Å². The summed E-state index contributed by atoms with van der Waals surface area (Å²) in [4.78, 5) is 0. The summed E-state index contributed by atoms with van der Waals surface area (Å²) in [5.74, 6) is 0. The van der Waals surface area contributed by atoms with Crippen LogP contribution in [0, 0.1) is 0 Å². The van der Waals surface area contributed by atoms with Crippen LogP contribution in [-0.2, 0) is 28.4 Å². The molecule has 3 aliphatic rings. The molecule has 0 amide bonds. The van der Waals surface area contributed by atoms with Crippen molar-refractivity contribution in [2.45, 2.75) is 189 Å². The summed E-state index contributed by atoms with van der Waals surface area (Å²) < 4.78 is 33.5. The fraction of sp³-hybridized carbons (Fsp3) is 1.00. The van der Waals surface area contributed by atoms with Crippen molar-refractivity contribution in [1.82, 2.24) is 0 Å². The van der Waals surface area contributed by atoms with E-state index in [4.69, 9.17) is 28.4 Å². The second-order valence-corrected chi connectivity index (χ2v) is 13.8. The van der Waals surface area contributed by atoms with Gasteiger partial charge in [-0.05, 0) is 6.42 Å². The van der Waals surface area contributed by atoms with Crippen LogP contribution in [0.1, 0.15) is 96.8 Å². The predicted molar refractivity (Wildman–Crippen MR) is 175 cm³/mol. The number of aliphatic hydroxyl groups excluding tert-OH is 10. The molecule has 50 heavy (non-hydrogen) atoms. The zero-order valence-corrected chi connectivity index (χ0v) is 29.3. The molecule has 0 saturated carbocycles. The number of hydrogen-bond acceptors (Lipinski definition) is 16. The molecule has 0 radical (unpaired) electrons. The first kappa shape index (κ1) is 43.8. The van der Waals surface area contributed by atoms with Gasteiger partial charge in [0, 0.05) is 6.61 Å². The molecule has 3 fully saturated rings. The summed E-state index contributed by atoms with van der Waals surface area (Å²) in [6.07, 6.45) is -6.99. The predicted octanol–water partition coefficient (Wildman–Crippen LogP) is -1.07. The molecule has 0 spiro atoms. The Morgan fingerprint density at radius 1 is 0.400 bits per heavy atom. The average molecular weight is 729 g/mol. The van der Waals surface area contributed by atoms with Gasteiger partial charge in [0.1, 0.15) is 73.2 Å². The molecule has 3 rings (SSSR count). The molecule has 10 N–H and O–H groups in total. The fourth-order valence-electron chi connectivity index (χ4n) is 6.68. The molecule has 0 unspecified atom stereocenters. The first-order valence-electron chi connectivity index (χ1n) is 18.6. The van der Waals surface area contributed by atoms with E-state index in [1.54, 1.807) is 0 Å². The van der Waals surface area contributed by atoms with Gasteiger partial charge in [-0.1, -0.05) is 90.4 Å². The number of hydrogen-bond donors (Lipinski definition) is 10. The highest BCUT2D eigenvalue weighted by Crippen LogP contribution is 2.32. The molecule has 0 bridgehead atoms. The minimum Gasteiger partial charge on any atom is -0.394 e. The topological polar surface area (TPSA) is 258 Å². The van der Waals surface area contributed by atoms with Crippen LogP contribution in [0.5, 0.6) is 0 Å². The van der Waals surface area contributed by atoms with Crippen LogP contribution in [0.2, 0.25) is 0 Å². The van der Waals surface area contributed by atoms with Crippen LogP contribution in [0.4, 0.5) is 0 Å². The lowest BCUT2D eigenvalue weighted by Gasteiger charge is -2.48. The van der Waals surface area contributed by atoms with Crippen molar-refractivity contribution in [2.75, 3.05) is 26.4 Å². The normalized spacial score (nSPS) is 39.5. The molecule has 3 heterocycles. The Morgan fingerprint density at radius 2 is 0.760 bits per heavy atom. The Morgan fingerprint density at radius 3 is 1.20 bits per heavy atom. The maximum atomic E-state index is 10.9. The van der Waals surface area contributed by atoms with E-state index < -0.39 is 112 Å². The second-order valence-electron chi connectivity index (χ2n) is 13.8. The molecule has 16 nitrogen and oxygen atoms in total. The largest absolute Gasteiger partial charge is 0.394 e. The first-order valence-corrected chi connectivity index (χ1v) is 18.6. The van der Waals surface area contributed by atoms with E-state index >= 15 is 0 Å². The lowest BCUT2D eigenvalue weighted by Crippen LogP contribution is -2.66. The van der Waals surface area contributed by atoms with Crippen molar-refractivity contribution in [1.29, 1.82) is 0 Å². The van der Waals surface area contributed by atoms with Crippen LogP contribution in [0.15, 0.2) is 0 Å². The molecule has 15 atom stereocenters. The van der Waals surface area contributed by atoms with Gasteiger partial charge in [-0.2, -0.15) is 0 Å². The third-order valence-corrected chi connectivity index (χ3v) is 9.85. The second kappa shape index (κ2) is 23.2. The van der Waals surface area contributed by atoms with Gasteiger partial charge in [-0.25, -0.2) is 0 Å². The van der Waals surface area contributed by atoms with Gasteiger partial charge in [0.2, 0.25) is 0 Å². The smallest absolute Gasteiger partial charge is 0.187 e. The highest BCUT2D eigenvalue weighted by molar-refractivity contribution is 4.96. The summed E-state index contributed by atoms with van der Waals surface area (Å²) in [6, 6.07) is 0. The van der Waals surface area contributed by atoms with E-state index in [0.29, 0.717) is 0 Å². The summed E-state index contributed by atoms with van der Waals surface area (Å²) in [5, 5.41) is 103. The fourth-order valence-corrected chi connectivity index (χ4v) is 6.68. The van der Waals surface area contributed by atoms with Gasteiger partial charge in [-0.3, -0.25) is 0 Å². The number of ether oxygens (including phenoxy) is 6. The van der Waals surface area contributed by atoms with Gasteiger partial charge in [0.25, 0.3) is 0 Å². The Hall–Kier alpha value is -0.640. The Labute approximate surface area is 294 Å². The minimum absolute atomic E-state index is 0.265. The third-order valence-electron chi connectivity index (χ3n) is 9.85. The maximum Gasteiger partial charge on any atom is 0.187 e. The molecule has 0 aromatic carbocycles. The minimum atomic E-state index is -1.88.